The van der Waals surface area contributed by atoms with Gasteiger partial charge in [0.25, 0.3) is 0 Å². The fourth-order valence-electron chi connectivity index (χ4n) is 5.88. The number of aliphatic hydroxyl groups is 1. The minimum absolute atomic E-state index is 0.0323. The van der Waals surface area contributed by atoms with Crippen molar-refractivity contribution in [2.75, 3.05) is 39.5 Å². The van der Waals surface area contributed by atoms with Crippen LogP contribution in [0.15, 0.2) is 35.5 Å². The average molecular weight is 511 g/mol. The molecule has 0 radical (unpaired) electrons. The van der Waals surface area contributed by atoms with Crippen LogP contribution in [0.25, 0.3) is 0 Å². The second kappa shape index (κ2) is 12.0. The van der Waals surface area contributed by atoms with Gasteiger partial charge < -0.3 is 24.8 Å². The smallest absolute Gasteiger partial charge is 0.317 e. The molecule has 0 bridgehead atoms. The number of urea groups is 1. The maximum Gasteiger partial charge on any atom is 0.317 e. The number of amides is 3. The van der Waals surface area contributed by atoms with Gasteiger partial charge in [-0.3, -0.25) is 4.79 Å². The maximum absolute atomic E-state index is 13.6. The van der Waals surface area contributed by atoms with Gasteiger partial charge in [0.05, 0.1) is 30.8 Å². The molecule has 5 rings (SSSR count). The molecule has 9 heteroatoms. The van der Waals surface area contributed by atoms with Crippen molar-refractivity contribution >= 4 is 17.6 Å². The summed E-state index contributed by atoms with van der Waals surface area (Å²) in [4.78, 5) is 27.2. The Balaban J connectivity index is 1.43. The number of nitrogens with one attached hydrogen (secondary N) is 1. The fourth-order valence-corrected chi connectivity index (χ4v) is 5.88. The van der Waals surface area contributed by atoms with Gasteiger partial charge in [-0.15, -0.1) is 0 Å². The van der Waals surface area contributed by atoms with E-state index in [4.69, 9.17) is 14.6 Å². The molecule has 1 saturated carbocycles. The van der Waals surface area contributed by atoms with Crippen molar-refractivity contribution in [3.63, 3.8) is 0 Å². The maximum atomic E-state index is 13.6. The summed E-state index contributed by atoms with van der Waals surface area (Å²) in [6.45, 7) is 2.15. The van der Waals surface area contributed by atoms with E-state index < -0.39 is 0 Å². The third-order valence-electron chi connectivity index (χ3n) is 7.86. The molecular formula is C28H38N4O5. The van der Waals surface area contributed by atoms with Crippen LogP contribution in [0.4, 0.5) is 4.79 Å². The molecule has 1 aromatic carbocycles. The van der Waals surface area contributed by atoms with E-state index >= 15 is 0 Å². The highest BCUT2D eigenvalue weighted by atomic mass is 16.5. The summed E-state index contributed by atoms with van der Waals surface area (Å²) in [6, 6.07) is 5.84. The summed E-state index contributed by atoms with van der Waals surface area (Å²) < 4.78 is 11.9. The Kier molecular flexibility index (Phi) is 8.28. The van der Waals surface area contributed by atoms with Crippen molar-refractivity contribution in [2.24, 2.45) is 16.9 Å². The molecular weight excluding hydrogens is 472 g/mol. The summed E-state index contributed by atoms with van der Waals surface area (Å²) >= 11 is 0. The van der Waals surface area contributed by atoms with E-state index in [1.807, 2.05) is 23.2 Å². The number of allylic oxidation sites excluding steroid dienone is 2. The first-order valence-corrected chi connectivity index (χ1v) is 13.8. The average Bonchev–Trinajstić information content (AvgIpc) is 3.15. The van der Waals surface area contributed by atoms with E-state index in [0.717, 1.165) is 49.8 Å². The van der Waals surface area contributed by atoms with Crippen molar-refractivity contribution in [1.29, 1.82) is 0 Å². The Labute approximate surface area is 218 Å². The van der Waals surface area contributed by atoms with Gasteiger partial charge in [0.2, 0.25) is 5.91 Å². The number of carbonyl (C=O) groups is 2. The summed E-state index contributed by atoms with van der Waals surface area (Å²) in [5.41, 5.74) is 1.84. The number of ether oxygens (including phenoxy) is 2. The molecule has 0 spiro atoms. The number of aliphatic hydroxyl groups excluding tert-OH is 1. The van der Waals surface area contributed by atoms with Crippen molar-refractivity contribution in [3.05, 3.63) is 35.9 Å². The second-order valence-corrected chi connectivity index (χ2v) is 10.3. The molecule has 1 saturated heterocycles. The van der Waals surface area contributed by atoms with Crippen LogP contribution in [0.2, 0.25) is 0 Å². The lowest BCUT2D eigenvalue weighted by atomic mass is 9.76. The Morgan fingerprint density at radius 3 is 2.46 bits per heavy atom. The van der Waals surface area contributed by atoms with E-state index in [9.17, 15) is 14.7 Å². The first-order valence-electron chi connectivity index (χ1n) is 13.8. The number of nitrogens with zero attached hydrogens (tertiary/aromatic N) is 3. The Bertz CT molecular complexity index is 1030. The van der Waals surface area contributed by atoms with Crippen LogP contribution in [0.5, 0.6) is 11.5 Å². The van der Waals surface area contributed by atoms with Gasteiger partial charge in [-0.05, 0) is 43.9 Å². The Hall–Kier alpha value is -3.07. The molecule has 1 aromatic rings. The molecule has 2 aliphatic heterocycles. The first kappa shape index (κ1) is 25.6. The fraction of sp³-hybridized carbons (Fsp3) is 0.607. The Morgan fingerprint density at radius 2 is 1.73 bits per heavy atom. The molecule has 0 aromatic heterocycles. The molecule has 2 atom stereocenters. The van der Waals surface area contributed by atoms with Crippen molar-refractivity contribution in [1.82, 2.24) is 15.2 Å². The van der Waals surface area contributed by atoms with Gasteiger partial charge in [-0.2, -0.15) is 5.10 Å². The van der Waals surface area contributed by atoms with E-state index in [1.54, 1.807) is 4.90 Å². The van der Waals surface area contributed by atoms with Crippen LogP contribution in [-0.4, -0.2) is 78.2 Å². The lowest BCUT2D eigenvalue weighted by Gasteiger charge is -2.40. The molecule has 2 aliphatic carbocycles. The number of hydrogen-bond acceptors (Lipinski definition) is 6. The van der Waals surface area contributed by atoms with Crippen LogP contribution >= 0.6 is 0 Å². The minimum Gasteiger partial charge on any atom is -0.488 e. The molecule has 37 heavy (non-hydrogen) atoms. The van der Waals surface area contributed by atoms with Crippen LogP contribution in [0.1, 0.15) is 56.9 Å². The van der Waals surface area contributed by atoms with Gasteiger partial charge in [-0.1, -0.05) is 37.8 Å². The van der Waals surface area contributed by atoms with E-state index in [-0.39, 0.29) is 43.0 Å². The lowest BCUT2D eigenvalue weighted by molar-refractivity contribution is -0.140. The normalized spacial score (nSPS) is 24.4. The summed E-state index contributed by atoms with van der Waals surface area (Å²) in [7, 11) is 0. The highest BCUT2D eigenvalue weighted by Crippen LogP contribution is 2.39. The zero-order valence-corrected chi connectivity index (χ0v) is 21.4. The predicted molar refractivity (Wildman–Crippen MR) is 140 cm³/mol. The largest absolute Gasteiger partial charge is 0.488 e. The lowest BCUT2D eigenvalue weighted by Crippen LogP contribution is -2.49. The number of carbonyl (C=O) groups excluding carboxylic acids is 2. The van der Waals surface area contributed by atoms with Crippen molar-refractivity contribution in [2.45, 2.75) is 57.4 Å². The van der Waals surface area contributed by atoms with Crippen molar-refractivity contribution < 1.29 is 24.2 Å². The monoisotopic (exact) mass is 510 g/mol. The third kappa shape index (κ3) is 5.76. The first-order chi connectivity index (χ1) is 18.2. The number of fused-ring (bicyclic) bond motifs is 1. The molecule has 3 amide bonds. The summed E-state index contributed by atoms with van der Waals surface area (Å²) in [6.07, 6.45) is 12.5. The molecule has 2 heterocycles. The molecule has 200 valence electrons. The second-order valence-electron chi connectivity index (χ2n) is 10.3. The van der Waals surface area contributed by atoms with Gasteiger partial charge in [-0.25, -0.2) is 9.80 Å². The van der Waals surface area contributed by atoms with E-state index in [0.29, 0.717) is 37.7 Å². The van der Waals surface area contributed by atoms with Gasteiger partial charge >= 0.3 is 6.03 Å². The topological polar surface area (TPSA) is 104 Å². The zero-order valence-electron chi connectivity index (χ0n) is 21.4. The molecule has 9 nitrogen and oxygen atoms in total. The van der Waals surface area contributed by atoms with Crippen LogP contribution in [0, 0.1) is 11.8 Å². The van der Waals surface area contributed by atoms with Gasteiger partial charge in [0.15, 0.2) is 11.5 Å². The number of hydrazone groups is 1. The van der Waals surface area contributed by atoms with Crippen molar-refractivity contribution in [3.8, 4) is 11.5 Å². The molecule has 2 fully saturated rings. The molecule has 2 N–H and O–H groups in total. The standard InChI is InChI=1S/C28H38N4O5/c33-16-18-37-24-12-11-20(19-25(24)36-17-15-31-14-13-29-28(31)35)26-22-9-5-6-10-23(22)27(34)32(30-26)21-7-3-1-2-4-8-21/h5-6,11-12,19,21-23,33H,1-4,7-10,13-18H2,(H,29,35)/t22-,23+/m0/s1. The highest BCUT2D eigenvalue weighted by molar-refractivity contribution is 6.07. The highest BCUT2D eigenvalue weighted by Gasteiger charge is 2.42. The number of benzene rings is 1. The number of hydrogen-bond donors (Lipinski definition) is 2. The summed E-state index contributed by atoms with van der Waals surface area (Å²) in [5.74, 6) is 1.19. The van der Waals surface area contributed by atoms with Crippen LogP contribution < -0.4 is 14.8 Å². The quantitative estimate of drug-likeness (QED) is 0.392. The van der Waals surface area contributed by atoms with Crippen LogP contribution in [-0.2, 0) is 4.79 Å². The minimum atomic E-state index is -0.101. The predicted octanol–water partition coefficient (Wildman–Crippen LogP) is 3.31. The third-order valence-corrected chi connectivity index (χ3v) is 7.86. The SMILES string of the molecule is O=C1NCCN1CCOc1cc(C2=NN(C3CCCCCC3)C(=O)[C@@H]3CC=CC[C@H]23)ccc1OCCO. The number of rotatable bonds is 9. The molecule has 0 unspecified atom stereocenters. The zero-order chi connectivity index (χ0) is 25.6. The Morgan fingerprint density at radius 1 is 0.973 bits per heavy atom. The summed E-state index contributed by atoms with van der Waals surface area (Å²) in [5, 5.41) is 18.9. The van der Waals surface area contributed by atoms with Crippen LogP contribution in [0.3, 0.4) is 0 Å². The van der Waals surface area contributed by atoms with E-state index in [1.165, 1.54) is 12.8 Å². The van der Waals surface area contributed by atoms with E-state index in [2.05, 4.69) is 17.5 Å². The molecule has 4 aliphatic rings. The van der Waals surface area contributed by atoms with Gasteiger partial charge in [0.1, 0.15) is 13.2 Å². The van der Waals surface area contributed by atoms with Gasteiger partial charge in [0, 0.05) is 24.6 Å².